The second-order valence-electron chi connectivity index (χ2n) is 2.59. The second-order valence-corrected chi connectivity index (χ2v) is 2.97. The fraction of sp³-hybridized carbons (Fsp3) is 0.125. The lowest BCUT2D eigenvalue weighted by Crippen LogP contribution is -1.98. The Bertz CT molecular complexity index is 392. The molecule has 0 aliphatic carbocycles. The van der Waals surface area contributed by atoms with Gasteiger partial charge in [-0.3, -0.25) is 14.9 Å². The largest absolute Gasteiger partial charge is 0.328 e. The van der Waals surface area contributed by atoms with Gasteiger partial charge in [-0.05, 0) is 18.6 Å². The van der Waals surface area contributed by atoms with Crippen LogP contribution in [0.1, 0.15) is 5.56 Å². The van der Waals surface area contributed by atoms with Crippen LogP contribution in [0.25, 0.3) is 0 Å². The number of carbonyl (C=O) groups is 1. The number of rotatable bonds is 3. The first kappa shape index (κ1) is 10.5. The minimum Gasteiger partial charge on any atom is -0.328 e. The predicted molar refractivity (Wildman–Crippen MR) is 52.5 cm³/mol. The van der Waals surface area contributed by atoms with Crippen LogP contribution in [0, 0.1) is 17.0 Å². The summed E-state index contributed by atoms with van der Waals surface area (Å²) in [5.41, 5.74) is 0.782. The molecule has 0 atom stereocenters. The van der Waals surface area contributed by atoms with E-state index in [1.807, 2.05) is 0 Å². The van der Waals surface area contributed by atoms with Crippen molar-refractivity contribution in [2.45, 2.75) is 6.92 Å². The number of nitrogens with one attached hydrogen (secondary N) is 1. The van der Waals surface area contributed by atoms with E-state index in [1.54, 1.807) is 6.92 Å². The Morgan fingerprint density at radius 2 is 2.21 bits per heavy atom. The van der Waals surface area contributed by atoms with Crippen molar-refractivity contribution in [1.29, 1.82) is 0 Å². The number of amides is 1. The molecule has 0 fully saturated rings. The Morgan fingerprint density at radius 3 is 2.71 bits per heavy atom. The zero-order valence-electron chi connectivity index (χ0n) is 7.28. The van der Waals surface area contributed by atoms with Gasteiger partial charge >= 0.3 is 0 Å². The maximum Gasteiger partial charge on any atom is 0.288 e. The van der Waals surface area contributed by atoms with E-state index >= 15 is 0 Å². The minimum absolute atomic E-state index is 0.0434. The number of halogens is 1. The summed E-state index contributed by atoms with van der Waals surface area (Å²) in [4.78, 5) is 20.1. The van der Waals surface area contributed by atoms with E-state index < -0.39 is 4.92 Å². The Labute approximate surface area is 84.8 Å². The van der Waals surface area contributed by atoms with Crippen LogP contribution in [0.3, 0.4) is 0 Å². The average Bonchev–Trinajstić information content (AvgIpc) is 2.13. The Kier molecular flexibility index (Phi) is 3.03. The van der Waals surface area contributed by atoms with Crippen molar-refractivity contribution in [1.82, 2.24) is 0 Å². The summed E-state index contributed by atoms with van der Waals surface area (Å²) in [6.07, 6.45) is 0.491. The van der Waals surface area contributed by atoms with Crippen molar-refractivity contribution in [2.24, 2.45) is 0 Å². The van der Waals surface area contributed by atoms with E-state index in [9.17, 15) is 14.9 Å². The Hall–Kier alpha value is -1.62. The molecule has 14 heavy (non-hydrogen) atoms. The number of nitrogens with zero attached hydrogens (tertiary/aromatic N) is 1. The molecule has 0 bridgehead atoms. The van der Waals surface area contributed by atoms with E-state index in [1.165, 1.54) is 12.1 Å². The highest BCUT2D eigenvalue weighted by Gasteiger charge is 2.15. The van der Waals surface area contributed by atoms with Crippen molar-refractivity contribution >= 4 is 29.4 Å². The maximum atomic E-state index is 10.5. The molecule has 1 aromatic carbocycles. The molecule has 0 radical (unpaired) electrons. The van der Waals surface area contributed by atoms with Crippen LogP contribution in [0.2, 0.25) is 5.02 Å². The normalized spacial score (nSPS) is 9.57. The summed E-state index contributed by atoms with van der Waals surface area (Å²) in [7, 11) is 0. The lowest BCUT2D eigenvalue weighted by atomic mass is 10.2. The standard InChI is InChI=1S/C8H7ClN2O3/c1-5-6(10-4-12)2-3-7(8(5)9)11(13)14/h2-4H,1H3,(H,10,12). The molecular weight excluding hydrogens is 208 g/mol. The predicted octanol–water partition coefficient (Wildman–Crippen LogP) is 2.12. The Balaban J connectivity index is 3.25. The van der Waals surface area contributed by atoms with Gasteiger partial charge in [0.25, 0.3) is 5.69 Å². The van der Waals surface area contributed by atoms with Crippen LogP contribution in [0.4, 0.5) is 11.4 Å². The van der Waals surface area contributed by atoms with E-state index in [4.69, 9.17) is 11.6 Å². The number of anilines is 1. The fourth-order valence-electron chi connectivity index (χ4n) is 1.03. The molecule has 1 amide bonds. The highest BCUT2D eigenvalue weighted by Crippen LogP contribution is 2.32. The lowest BCUT2D eigenvalue weighted by Gasteiger charge is -2.05. The monoisotopic (exact) mass is 214 g/mol. The van der Waals surface area contributed by atoms with Crippen LogP contribution in [-0.2, 0) is 4.79 Å². The summed E-state index contributed by atoms with van der Waals surface area (Å²) in [5, 5.41) is 12.9. The molecule has 74 valence electrons. The highest BCUT2D eigenvalue weighted by atomic mass is 35.5. The number of carbonyl (C=O) groups excluding carboxylic acids is 1. The Morgan fingerprint density at radius 1 is 1.57 bits per heavy atom. The molecule has 0 aliphatic rings. The SMILES string of the molecule is Cc1c(NC=O)ccc([N+](=O)[O-])c1Cl. The topological polar surface area (TPSA) is 72.2 Å². The third-order valence-electron chi connectivity index (χ3n) is 1.78. The molecule has 0 saturated heterocycles. The molecule has 1 aromatic rings. The van der Waals surface area contributed by atoms with Gasteiger partial charge in [-0.1, -0.05) is 11.6 Å². The number of hydrogen-bond acceptors (Lipinski definition) is 3. The molecule has 0 unspecified atom stereocenters. The first-order chi connectivity index (χ1) is 6.57. The molecule has 0 saturated carbocycles. The third kappa shape index (κ3) is 1.82. The molecule has 0 spiro atoms. The summed E-state index contributed by atoms with van der Waals surface area (Å²) in [6.45, 7) is 1.60. The van der Waals surface area contributed by atoms with Crippen molar-refractivity contribution in [3.8, 4) is 0 Å². The molecule has 6 heteroatoms. The van der Waals surface area contributed by atoms with Gasteiger partial charge in [0, 0.05) is 11.8 Å². The zero-order valence-corrected chi connectivity index (χ0v) is 8.04. The van der Waals surface area contributed by atoms with E-state index in [-0.39, 0.29) is 10.7 Å². The van der Waals surface area contributed by atoms with Gasteiger partial charge in [0.2, 0.25) is 6.41 Å². The molecule has 1 rings (SSSR count). The lowest BCUT2D eigenvalue weighted by molar-refractivity contribution is -0.384. The number of nitro groups is 1. The molecule has 5 nitrogen and oxygen atoms in total. The van der Waals surface area contributed by atoms with Crippen LogP contribution in [0.15, 0.2) is 12.1 Å². The fourth-order valence-corrected chi connectivity index (χ4v) is 1.27. The first-order valence-corrected chi connectivity index (χ1v) is 4.09. The maximum absolute atomic E-state index is 10.5. The number of benzene rings is 1. The highest BCUT2D eigenvalue weighted by molar-refractivity contribution is 6.33. The second kappa shape index (κ2) is 4.06. The van der Waals surface area contributed by atoms with Crippen LogP contribution in [-0.4, -0.2) is 11.3 Å². The summed E-state index contributed by atoms with van der Waals surface area (Å²) in [6, 6.07) is 2.69. The third-order valence-corrected chi connectivity index (χ3v) is 2.25. The van der Waals surface area contributed by atoms with Gasteiger partial charge < -0.3 is 5.32 Å². The smallest absolute Gasteiger partial charge is 0.288 e. The minimum atomic E-state index is -0.569. The van der Waals surface area contributed by atoms with Crippen molar-refractivity contribution < 1.29 is 9.72 Å². The quantitative estimate of drug-likeness (QED) is 0.476. The average molecular weight is 215 g/mol. The first-order valence-electron chi connectivity index (χ1n) is 3.71. The van der Waals surface area contributed by atoms with Crippen LogP contribution in [0.5, 0.6) is 0 Å². The summed E-state index contributed by atoms with van der Waals surface area (Å²) in [5.74, 6) is 0. The molecule has 0 heterocycles. The van der Waals surface area contributed by atoms with E-state index in [2.05, 4.69) is 5.32 Å². The molecule has 1 N–H and O–H groups in total. The van der Waals surface area contributed by atoms with Crippen molar-refractivity contribution in [3.05, 3.63) is 32.8 Å². The van der Waals surface area contributed by atoms with Gasteiger partial charge in [0.05, 0.1) is 4.92 Å². The van der Waals surface area contributed by atoms with Gasteiger partial charge in [0.15, 0.2) is 0 Å². The van der Waals surface area contributed by atoms with Crippen LogP contribution < -0.4 is 5.32 Å². The zero-order chi connectivity index (χ0) is 10.7. The number of nitro benzene ring substituents is 1. The van der Waals surface area contributed by atoms with Gasteiger partial charge in [-0.25, -0.2) is 0 Å². The summed E-state index contributed by atoms with van der Waals surface area (Å²) >= 11 is 5.73. The van der Waals surface area contributed by atoms with Gasteiger partial charge in [0.1, 0.15) is 5.02 Å². The number of hydrogen-bond donors (Lipinski definition) is 1. The van der Waals surface area contributed by atoms with E-state index in [0.29, 0.717) is 17.7 Å². The molecule has 0 aliphatic heterocycles. The van der Waals surface area contributed by atoms with E-state index in [0.717, 1.165) is 0 Å². The summed E-state index contributed by atoms with van der Waals surface area (Å²) < 4.78 is 0. The molecule has 0 aromatic heterocycles. The van der Waals surface area contributed by atoms with Gasteiger partial charge in [-0.15, -0.1) is 0 Å². The van der Waals surface area contributed by atoms with Crippen molar-refractivity contribution in [3.63, 3.8) is 0 Å². The van der Waals surface area contributed by atoms with Crippen molar-refractivity contribution in [2.75, 3.05) is 5.32 Å². The molecular formula is C8H7ClN2O3. The van der Waals surface area contributed by atoms with Crippen LogP contribution >= 0.6 is 11.6 Å². The van der Waals surface area contributed by atoms with Gasteiger partial charge in [-0.2, -0.15) is 0 Å².